The molecule has 0 spiro atoms. The fourth-order valence-electron chi connectivity index (χ4n) is 6.36. The van der Waals surface area contributed by atoms with Gasteiger partial charge in [-0.1, -0.05) is 29.8 Å². The fourth-order valence-corrected chi connectivity index (χ4v) is 7.99. The van der Waals surface area contributed by atoms with Crippen LogP contribution in [0.5, 0.6) is 5.75 Å². The molecule has 2 aromatic carbocycles. The van der Waals surface area contributed by atoms with Crippen LogP contribution < -0.4 is 9.64 Å². The van der Waals surface area contributed by atoms with Crippen molar-refractivity contribution in [3.8, 4) is 16.9 Å². The Hall–Kier alpha value is -2.36. The molecule has 2 heterocycles. The van der Waals surface area contributed by atoms with Crippen molar-refractivity contribution in [2.24, 2.45) is 11.8 Å². The molecule has 2 aliphatic carbocycles. The zero-order valence-electron chi connectivity index (χ0n) is 22.8. The average molecular weight is 564 g/mol. The molecule has 1 aromatic heterocycles. The van der Waals surface area contributed by atoms with Crippen LogP contribution in [0.1, 0.15) is 68.9 Å². The number of amides is 1. The molecule has 0 bridgehead atoms. The first-order chi connectivity index (χ1) is 19.1. The van der Waals surface area contributed by atoms with Crippen molar-refractivity contribution in [2.75, 3.05) is 30.9 Å². The number of carbonyl (C=O) groups excluding carboxylic acids is 1. The number of anilines is 1. The molecule has 3 aliphatic rings. The highest BCUT2D eigenvalue weighted by atomic mass is 35.5. The topological polar surface area (TPSA) is 47.4 Å². The van der Waals surface area contributed by atoms with E-state index >= 15 is 0 Å². The normalized spacial score (nSPS) is 24.0. The van der Waals surface area contributed by atoms with E-state index in [2.05, 4.69) is 57.3 Å². The van der Waals surface area contributed by atoms with Gasteiger partial charge >= 0.3 is 0 Å². The Kier molecular flexibility index (Phi) is 8.27. The standard InChI is InChI=1S/C32H39ClN3O2P/c1-38-31-12-9-26(18-30(31)33)23-7-5-22(6-8-23)20-35(32(37)24-13-15-39-16-14-24)29-4-2-3-25(17-29)27-19-34-36(21-27)28-10-11-28/h2-4,9,12,17-19,21-24,28,39H,5-8,10-11,13-16,20H2,1H3/t22-,23-. The van der Waals surface area contributed by atoms with Crippen molar-refractivity contribution in [1.29, 1.82) is 0 Å². The zero-order chi connectivity index (χ0) is 26.8. The van der Waals surface area contributed by atoms with Gasteiger partial charge in [0.25, 0.3) is 0 Å². The van der Waals surface area contributed by atoms with E-state index < -0.39 is 0 Å². The number of nitrogens with zero attached hydrogens (tertiary/aromatic N) is 3. The van der Waals surface area contributed by atoms with Gasteiger partial charge in [0.1, 0.15) is 5.75 Å². The Balaban J connectivity index is 1.19. The monoisotopic (exact) mass is 563 g/mol. The second-order valence-electron chi connectivity index (χ2n) is 11.6. The Morgan fingerprint density at radius 2 is 1.82 bits per heavy atom. The third kappa shape index (κ3) is 6.20. The number of carbonyl (C=O) groups is 1. The van der Waals surface area contributed by atoms with Crippen molar-refractivity contribution in [1.82, 2.24) is 9.78 Å². The van der Waals surface area contributed by atoms with E-state index in [1.165, 1.54) is 30.7 Å². The quantitative estimate of drug-likeness (QED) is 0.261. The lowest BCUT2D eigenvalue weighted by molar-refractivity contribution is -0.122. The summed E-state index contributed by atoms with van der Waals surface area (Å²) in [5.74, 6) is 2.23. The van der Waals surface area contributed by atoms with Gasteiger partial charge in [0.05, 0.1) is 24.4 Å². The number of hydrogen-bond donors (Lipinski definition) is 0. The molecule has 206 valence electrons. The highest BCUT2D eigenvalue weighted by molar-refractivity contribution is 7.38. The van der Waals surface area contributed by atoms with Crippen LogP contribution in [-0.2, 0) is 4.79 Å². The van der Waals surface area contributed by atoms with Gasteiger partial charge in [-0.15, -0.1) is 8.58 Å². The second-order valence-corrected chi connectivity index (χ2v) is 13.5. The SMILES string of the molecule is COc1ccc([C@H]2CC[C@H](CN(C(=O)C3CCPCC3)c3cccc(-c4cnn(C5CC5)c4)c3)CC2)cc1Cl. The molecule has 0 N–H and O–H groups in total. The Morgan fingerprint density at radius 1 is 1.03 bits per heavy atom. The summed E-state index contributed by atoms with van der Waals surface area (Å²) in [5.41, 5.74) is 4.61. The highest BCUT2D eigenvalue weighted by Crippen LogP contribution is 2.40. The summed E-state index contributed by atoms with van der Waals surface area (Å²) in [6.07, 6.45) is 15.5. The molecule has 1 saturated heterocycles. The van der Waals surface area contributed by atoms with Gasteiger partial charge in [0, 0.05) is 29.9 Å². The van der Waals surface area contributed by atoms with Crippen molar-refractivity contribution in [3.05, 3.63) is 65.4 Å². The van der Waals surface area contributed by atoms with Crippen molar-refractivity contribution in [3.63, 3.8) is 0 Å². The van der Waals surface area contributed by atoms with Crippen molar-refractivity contribution < 1.29 is 9.53 Å². The summed E-state index contributed by atoms with van der Waals surface area (Å²) in [7, 11) is 2.67. The molecule has 1 amide bonds. The summed E-state index contributed by atoms with van der Waals surface area (Å²) in [5, 5.41) is 5.28. The molecule has 3 fully saturated rings. The number of benzene rings is 2. The lowest BCUT2D eigenvalue weighted by Gasteiger charge is -2.35. The van der Waals surface area contributed by atoms with Gasteiger partial charge in [0.2, 0.25) is 5.91 Å². The molecular formula is C32H39ClN3O2P. The van der Waals surface area contributed by atoms with Gasteiger partial charge in [-0.2, -0.15) is 5.10 Å². The minimum absolute atomic E-state index is 0.158. The van der Waals surface area contributed by atoms with Crippen LogP contribution in [-0.4, -0.2) is 41.7 Å². The minimum Gasteiger partial charge on any atom is -0.495 e. The predicted octanol–water partition coefficient (Wildman–Crippen LogP) is 7.94. The van der Waals surface area contributed by atoms with Crippen LogP contribution in [0.4, 0.5) is 5.69 Å². The average Bonchev–Trinajstić information content (AvgIpc) is 3.72. The minimum atomic E-state index is 0.158. The van der Waals surface area contributed by atoms with E-state index in [1.54, 1.807) is 7.11 Å². The molecule has 0 unspecified atom stereocenters. The Bertz CT molecular complexity index is 1290. The number of aromatic nitrogens is 2. The zero-order valence-corrected chi connectivity index (χ0v) is 24.6. The molecule has 39 heavy (non-hydrogen) atoms. The Morgan fingerprint density at radius 3 is 2.54 bits per heavy atom. The number of methoxy groups -OCH3 is 1. The maximum Gasteiger partial charge on any atom is 0.230 e. The summed E-state index contributed by atoms with van der Waals surface area (Å²) in [4.78, 5) is 16.1. The summed E-state index contributed by atoms with van der Waals surface area (Å²) in [6, 6.07) is 15.4. The number of halogens is 1. The third-order valence-corrected chi connectivity index (χ3v) is 10.5. The Labute approximate surface area is 239 Å². The first kappa shape index (κ1) is 26.8. The van der Waals surface area contributed by atoms with Gasteiger partial charge in [-0.05, 0) is 111 Å². The first-order valence-corrected chi connectivity index (χ1v) is 16.4. The van der Waals surface area contributed by atoms with E-state index in [0.717, 1.165) is 76.2 Å². The van der Waals surface area contributed by atoms with E-state index in [4.69, 9.17) is 16.3 Å². The maximum absolute atomic E-state index is 14.0. The number of hydrogen-bond acceptors (Lipinski definition) is 3. The molecule has 0 radical (unpaired) electrons. The summed E-state index contributed by atoms with van der Waals surface area (Å²) in [6.45, 7) is 0.804. The molecule has 2 saturated carbocycles. The second kappa shape index (κ2) is 12.0. The molecular weight excluding hydrogens is 525 g/mol. The molecule has 6 rings (SSSR count). The maximum atomic E-state index is 14.0. The molecule has 7 heteroatoms. The van der Waals surface area contributed by atoms with Crippen molar-refractivity contribution in [2.45, 2.75) is 63.3 Å². The van der Waals surface area contributed by atoms with Gasteiger partial charge in [-0.3, -0.25) is 9.48 Å². The lowest BCUT2D eigenvalue weighted by atomic mass is 9.78. The lowest BCUT2D eigenvalue weighted by Crippen LogP contribution is -2.41. The third-order valence-electron chi connectivity index (χ3n) is 8.90. The number of rotatable bonds is 8. The fraction of sp³-hybridized carbons (Fsp3) is 0.500. The molecule has 3 aromatic rings. The van der Waals surface area contributed by atoms with Crippen LogP contribution in [0.3, 0.4) is 0 Å². The van der Waals surface area contributed by atoms with Crippen LogP contribution in [0.2, 0.25) is 5.02 Å². The largest absolute Gasteiger partial charge is 0.495 e. The van der Waals surface area contributed by atoms with E-state index in [0.29, 0.717) is 28.8 Å². The van der Waals surface area contributed by atoms with E-state index in [9.17, 15) is 4.79 Å². The summed E-state index contributed by atoms with van der Waals surface area (Å²) >= 11 is 6.43. The first-order valence-electron chi connectivity index (χ1n) is 14.6. The number of ether oxygens (including phenoxy) is 1. The smallest absolute Gasteiger partial charge is 0.230 e. The molecule has 1 aliphatic heterocycles. The predicted molar refractivity (Wildman–Crippen MR) is 162 cm³/mol. The van der Waals surface area contributed by atoms with Crippen LogP contribution >= 0.6 is 20.2 Å². The summed E-state index contributed by atoms with van der Waals surface area (Å²) < 4.78 is 7.44. The van der Waals surface area contributed by atoms with E-state index in [-0.39, 0.29) is 5.92 Å². The van der Waals surface area contributed by atoms with Crippen LogP contribution in [0.15, 0.2) is 54.9 Å². The van der Waals surface area contributed by atoms with Crippen molar-refractivity contribution >= 4 is 31.8 Å². The van der Waals surface area contributed by atoms with Gasteiger partial charge in [-0.25, -0.2) is 0 Å². The van der Waals surface area contributed by atoms with Crippen LogP contribution in [0.25, 0.3) is 11.1 Å². The molecule has 5 nitrogen and oxygen atoms in total. The van der Waals surface area contributed by atoms with Gasteiger partial charge < -0.3 is 9.64 Å². The molecule has 0 atom stereocenters. The highest BCUT2D eigenvalue weighted by Gasteiger charge is 2.31. The van der Waals surface area contributed by atoms with Gasteiger partial charge in [0.15, 0.2) is 0 Å². The van der Waals surface area contributed by atoms with E-state index in [1.807, 2.05) is 12.3 Å². The van der Waals surface area contributed by atoms with Crippen LogP contribution in [0, 0.1) is 11.8 Å².